The third-order valence-corrected chi connectivity index (χ3v) is 19.2. The summed E-state index contributed by atoms with van der Waals surface area (Å²) in [6.07, 6.45) is 3.19. The number of aliphatic hydroxyl groups is 1. The van der Waals surface area contributed by atoms with Crippen LogP contribution < -0.4 is 0 Å². The third kappa shape index (κ3) is 8.83. The molecular weight excluding hydrogens is 1160 g/mol. The minimum atomic E-state index is -2.67. The Bertz CT molecular complexity index is 4370. The fraction of sp³-hybridized carbons (Fsp3) is 0.106. The van der Waals surface area contributed by atoms with Crippen molar-refractivity contribution in [2.24, 2.45) is 0 Å². The number of allylic oxidation sites excluding steroid dienone is 3. The van der Waals surface area contributed by atoms with Gasteiger partial charge in [-0.3, -0.25) is 33.6 Å². The van der Waals surface area contributed by atoms with Crippen LogP contribution in [-0.4, -0.2) is 46.3 Å². The molecule has 13 rings (SSSR count). The molecule has 19 heteroatoms. The fourth-order valence-corrected chi connectivity index (χ4v) is 15.8. The van der Waals surface area contributed by atoms with Gasteiger partial charge in [-0.1, -0.05) is 121 Å². The van der Waals surface area contributed by atoms with E-state index in [1.54, 1.807) is 121 Å². The van der Waals surface area contributed by atoms with Crippen molar-refractivity contribution >= 4 is 106 Å². The van der Waals surface area contributed by atoms with Crippen molar-refractivity contribution in [2.75, 3.05) is 0 Å². The fourth-order valence-electron chi connectivity index (χ4n) is 11.2. The van der Waals surface area contributed by atoms with Crippen LogP contribution in [0.4, 0.5) is 17.6 Å². The Balaban J connectivity index is 1.03. The molecule has 4 aliphatic rings. The van der Waals surface area contributed by atoms with Gasteiger partial charge < -0.3 is 24.1 Å². The first-order valence-electron chi connectivity index (χ1n) is 26.1. The summed E-state index contributed by atoms with van der Waals surface area (Å²) >= 11 is 3.13. The van der Waals surface area contributed by atoms with Crippen molar-refractivity contribution in [3.05, 3.63) is 269 Å². The van der Waals surface area contributed by atoms with E-state index in [0.717, 1.165) is 46.2 Å². The minimum Gasteiger partial charge on any atom is -0.459 e. The number of ketones is 3. The molecule has 0 amide bonds. The first kappa shape index (κ1) is 54.7. The van der Waals surface area contributed by atoms with Crippen molar-refractivity contribution in [1.29, 1.82) is 0 Å². The number of carbonyl (C=O) groups is 7. The van der Waals surface area contributed by atoms with Gasteiger partial charge in [0.25, 0.3) is 0 Å². The van der Waals surface area contributed by atoms with Crippen LogP contribution in [0.5, 0.6) is 0 Å². The smallest absolute Gasteiger partial charge is 0.333 e. The molecule has 6 aromatic carbocycles. The number of ether oxygens (including phenoxy) is 4. The molecule has 1 unspecified atom stereocenters. The molecule has 0 spiro atoms. The molecule has 9 aromatic rings. The molecule has 3 heterocycles. The van der Waals surface area contributed by atoms with E-state index >= 15 is 19.2 Å². The van der Waals surface area contributed by atoms with Crippen molar-refractivity contribution in [2.45, 2.75) is 43.4 Å². The minimum absolute atomic E-state index is 0.00347. The Kier molecular flexibility index (Phi) is 13.7. The quantitative estimate of drug-likeness (QED) is 0.0273. The predicted octanol–water partition coefficient (Wildman–Crippen LogP) is 12.8. The van der Waals surface area contributed by atoms with E-state index in [4.69, 9.17) is 18.9 Å². The van der Waals surface area contributed by atoms with Crippen molar-refractivity contribution in [3.63, 3.8) is 0 Å². The SMILES string of the molecule is O=C1C(=CC2=Cc3sc4c(sc5c6c(sc54)C=C(/C=C4/C(=O)c5cc(F)c(F)cc5C4O)C6(C(=O)OCc4ccccc4)C(=O)OCc4ccccc4)c3C2(C(=O)OCc2ccccc2)C(=O)OCc2ccccc2)C(=O)c2cc(F)c(F)cc21. The van der Waals surface area contributed by atoms with Gasteiger partial charge >= 0.3 is 23.9 Å². The largest absolute Gasteiger partial charge is 0.459 e. The molecule has 0 aliphatic heterocycles. The highest BCUT2D eigenvalue weighted by atomic mass is 32.1. The molecule has 1 N–H and O–H groups in total. The monoisotopic (exact) mass is 1190 g/mol. The van der Waals surface area contributed by atoms with E-state index in [0.29, 0.717) is 55.9 Å². The second kappa shape index (κ2) is 21.3. The molecule has 0 saturated carbocycles. The molecule has 1 atom stereocenters. The van der Waals surface area contributed by atoms with Gasteiger partial charge in [0.2, 0.25) is 10.8 Å². The lowest BCUT2D eigenvalue weighted by Gasteiger charge is -2.29. The molecule has 85 heavy (non-hydrogen) atoms. The van der Waals surface area contributed by atoms with Crippen molar-refractivity contribution < 1.29 is 75.2 Å². The van der Waals surface area contributed by atoms with Crippen LogP contribution in [0, 0.1) is 23.3 Å². The Morgan fingerprint density at radius 3 is 1.16 bits per heavy atom. The molecule has 4 aliphatic carbocycles. The summed E-state index contributed by atoms with van der Waals surface area (Å²) in [5, 5.41) is 11.7. The Labute approximate surface area is 490 Å². The number of hydrogen-bond acceptors (Lipinski definition) is 15. The molecular formula is C66H38F4O12S3. The molecule has 420 valence electrons. The highest BCUT2D eigenvalue weighted by Crippen LogP contribution is 2.61. The molecule has 12 nitrogen and oxygen atoms in total. The van der Waals surface area contributed by atoms with Gasteiger partial charge in [0.1, 0.15) is 32.5 Å². The summed E-state index contributed by atoms with van der Waals surface area (Å²) in [5.41, 5.74) is -6.30. The number of aliphatic hydroxyl groups excluding tert-OH is 1. The maximum atomic E-state index is 15.7. The molecule has 0 saturated heterocycles. The van der Waals surface area contributed by atoms with Gasteiger partial charge in [0, 0.05) is 43.1 Å². The van der Waals surface area contributed by atoms with Crippen LogP contribution in [0.25, 0.3) is 31.0 Å². The second-order valence-electron chi connectivity index (χ2n) is 20.3. The lowest BCUT2D eigenvalue weighted by molar-refractivity contribution is -0.166. The lowest BCUT2D eigenvalue weighted by atomic mass is 9.76. The number of thiophene rings is 3. The van der Waals surface area contributed by atoms with Crippen molar-refractivity contribution in [3.8, 4) is 0 Å². The summed E-state index contributed by atoms with van der Waals surface area (Å²) in [5.74, 6) is -13.2. The standard InChI is InChI=1S/C66H38F4O12S3/c67-45-25-39-40(26-46(45)68)54(72)43(53(39)71)21-37-23-49-51(65(37,61(75)79-29-33-13-5-1-6-14-33)62(76)80-30-34-15-7-2-8-16-34)57-59(83-49)60-58(85-57)52-50(84-60)24-38(22-44-55(73)41-27-47(69)48(70)28-42(41)56(44)74)66(52,63(77)81-31-35-17-9-3-10-18-35)64(78)82-32-36-19-11-4-12-20-36/h1-28,53,71H,29-32H2/b43-21+. The second-order valence-corrected chi connectivity index (χ2v) is 23.4. The molecule has 0 radical (unpaired) electrons. The normalized spacial score (nSPS) is 16.5. The first-order valence-corrected chi connectivity index (χ1v) is 28.6. The van der Waals surface area contributed by atoms with Crippen LogP contribution in [0.3, 0.4) is 0 Å². The molecule has 0 bridgehead atoms. The highest BCUT2D eigenvalue weighted by Gasteiger charge is 2.62. The van der Waals surface area contributed by atoms with Crippen LogP contribution >= 0.6 is 34.0 Å². The number of rotatable bonds is 14. The summed E-state index contributed by atoms with van der Waals surface area (Å²) in [4.78, 5) is 106. The van der Waals surface area contributed by atoms with E-state index in [1.165, 1.54) is 12.2 Å². The van der Waals surface area contributed by atoms with Gasteiger partial charge in [0.05, 0.1) is 24.4 Å². The van der Waals surface area contributed by atoms with E-state index in [9.17, 15) is 37.1 Å². The number of fused-ring (bicyclic) bond motifs is 9. The summed E-state index contributed by atoms with van der Waals surface area (Å²) in [6, 6.07) is 36.6. The number of esters is 4. The van der Waals surface area contributed by atoms with Crippen LogP contribution in [0.15, 0.2) is 180 Å². The Morgan fingerprint density at radius 2 is 0.788 bits per heavy atom. The van der Waals surface area contributed by atoms with E-state index in [2.05, 4.69) is 0 Å². The van der Waals surface area contributed by atoms with Crippen molar-refractivity contribution in [1.82, 2.24) is 0 Å². The highest BCUT2D eigenvalue weighted by molar-refractivity contribution is 7.39. The first-order chi connectivity index (χ1) is 41.1. The van der Waals surface area contributed by atoms with Gasteiger partial charge in [0.15, 0.2) is 40.6 Å². The zero-order chi connectivity index (χ0) is 59.1. The average Bonchev–Trinajstić information content (AvgIpc) is 1.55. The number of benzene rings is 6. The predicted molar refractivity (Wildman–Crippen MR) is 306 cm³/mol. The van der Waals surface area contributed by atoms with Crippen LogP contribution in [-0.2, 0) is 75.4 Å². The summed E-state index contributed by atoms with van der Waals surface area (Å²) in [6.45, 7) is -1.52. The summed E-state index contributed by atoms with van der Waals surface area (Å²) < 4.78 is 84.6. The zero-order valence-electron chi connectivity index (χ0n) is 43.7. The Hall–Kier alpha value is -9.53. The van der Waals surface area contributed by atoms with Crippen LogP contribution in [0.2, 0.25) is 0 Å². The number of halogens is 4. The maximum absolute atomic E-state index is 15.7. The molecule has 3 aromatic heterocycles. The molecule has 0 fully saturated rings. The number of carbonyl (C=O) groups excluding carboxylic acids is 7. The van der Waals surface area contributed by atoms with E-state index < -0.39 is 104 Å². The van der Waals surface area contributed by atoms with Gasteiger partial charge in [-0.15, -0.1) is 34.0 Å². The van der Waals surface area contributed by atoms with Gasteiger partial charge in [-0.2, -0.15) is 0 Å². The summed E-state index contributed by atoms with van der Waals surface area (Å²) in [7, 11) is 0. The third-order valence-electron chi connectivity index (χ3n) is 15.3. The van der Waals surface area contributed by atoms with E-state index in [1.807, 2.05) is 0 Å². The van der Waals surface area contributed by atoms with Crippen LogP contribution in [0.1, 0.15) is 85.9 Å². The maximum Gasteiger partial charge on any atom is 0.333 e. The number of hydrogen-bond donors (Lipinski definition) is 1. The van der Waals surface area contributed by atoms with Gasteiger partial charge in [-0.25, -0.2) is 17.6 Å². The zero-order valence-corrected chi connectivity index (χ0v) is 46.2. The van der Waals surface area contributed by atoms with E-state index in [-0.39, 0.29) is 79.0 Å². The average molecular weight is 1200 g/mol. The Morgan fingerprint density at radius 1 is 0.447 bits per heavy atom. The topological polar surface area (TPSA) is 177 Å². The van der Waals surface area contributed by atoms with Gasteiger partial charge in [-0.05, 0) is 87.5 Å². The lowest BCUT2D eigenvalue weighted by Crippen LogP contribution is -2.46. The number of Topliss-reactive ketones (excluding diaryl/α,β-unsaturated/α-hetero) is 3.